The zero-order valence-electron chi connectivity index (χ0n) is 10.8. The van der Waals surface area contributed by atoms with Crippen LogP contribution in [0.5, 0.6) is 5.75 Å². The van der Waals surface area contributed by atoms with Crippen molar-refractivity contribution in [3.63, 3.8) is 0 Å². The Labute approximate surface area is 121 Å². The summed E-state index contributed by atoms with van der Waals surface area (Å²) in [4.78, 5) is 4.31. The third-order valence-electron chi connectivity index (χ3n) is 2.35. The van der Waals surface area contributed by atoms with Crippen LogP contribution in [-0.2, 0) is 5.75 Å². The predicted octanol–water partition coefficient (Wildman–Crippen LogP) is 3.98. The van der Waals surface area contributed by atoms with Crippen molar-refractivity contribution in [3.8, 4) is 17.2 Å². The lowest BCUT2D eigenvalue weighted by atomic mass is 10.2. The van der Waals surface area contributed by atoms with Crippen LogP contribution >= 0.6 is 23.4 Å². The van der Waals surface area contributed by atoms with Crippen LogP contribution in [0, 0.1) is 5.92 Å². The lowest BCUT2D eigenvalue weighted by molar-refractivity contribution is 0.425. The van der Waals surface area contributed by atoms with Crippen LogP contribution in [0.4, 0.5) is 0 Å². The third kappa shape index (κ3) is 3.88. The second-order valence-corrected chi connectivity index (χ2v) is 6.03. The number of phenols is 1. The molecule has 6 heteroatoms. The topological polar surface area (TPSA) is 59.2 Å². The number of nitrogens with zero attached hydrogens (tertiary/aromatic N) is 2. The molecular weight excluding hydrogens is 284 g/mol. The van der Waals surface area contributed by atoms with Gasteiger partial charge in [0.25, 0.3) is 5.89 Å². The number of halogens is 1. The first kappa shape index (κ1) is 14.2. The number of hydrogen-bond donors (Lipinski definition) is 1. The Morgan fingerprint density at radius 1 is 1.42 bits per heavy atom. The molecule has 2 rings (SSSR count). The number of phenolic OH excluding ortho intramolecular Hbond substituents is 1. The van der Waals surface area contributed by atoms with E-state index >= 15 is 0 Å². The smallest absolute Gasteiger partial charge is 0.258 e. The van der Waals surface area contributed by atoms with Crippen molar-refractivity contribution in [1.82, 2.24) is 10.1 Å². The molecule has 1 N–H and O–H groups in total. The van der Waals surface area contributed by atoms with E-state index in [0.29, 0.717) is 23.2 Å². The maximum absolute atomic E-state index is 9.36. The van der Waals surface area contributed by atoms with Crippen LogP contribution in [0.1, 0.15) is 19.7 Å². The van der Waals surface area contributed by atoms with E-state index in [1.54, 1.807) is 23.9 Å². The monoisotopic (exact) mass is 298 g/mol. The molecule has 0 aliphatic heterocycles. The van der Waals surface area contributed by atoms with Crippen molar-refractivity contribution in [1.29, 1.82) is 0 Å². The second-order valence-electron chi connectivity index (χ2n) is 4.59. The molecule has 0 spiro atoms. The molecule has 0 aliphatic rings. The van der Waals surface area contributed by atoms with E-state index in [9.17, 15) is 5.11 Å². The van der Waals surface area contributed by atoms with Crippen LogP contribution < -0.4 is 0 Å². The Morgan fingerprint density at radius 2 is 2.21 bits per heavy atom. The van der Waals surface area contributed by atoms with Gasteiger partial charge in [0.05, 0.1) is 10.8 Å². The molecule has 1 heterocycles. The number of benzene rings is 1. The van der Waals surface area contributed by atoms with Crippen molar-refractivity contribution >= 4 is 23.4 Å². The summed E-state index contributed by atoms with van der Waals surface area (Å²) in [5.41, 5.74) is 0.704. The lowest BCUT2D eigenvalue weighted by Crippen LogP contribution is -1.92. The van der Waals surface area contributed by atoms with Crippen molar-refractivity contribution < 1.29 is 9.63 Å². The largest absolute Gasteiger partial charge is 0.506 e. The molecule has 19 heavy (non-hydrogen) atoms. The number of thioether (sulfide) groups is 1. The standard InChI is InChI=1S/C13H15ClN2O2S/c1-8(2)6-19-7-12-15-13(18-16-12)9-3-4-11(17)10(14)5-9/h3-5,8,17H,6-7H2,1-2H3. The first-order valence-electron chi connectivity index (χ1n) is 5.95. The molecule has 0 aliphatic carbocycles. The fourth-order valence-corrected chi connectivity index (χ4v) is 2.53. The van der Waals surface area contributed by atoms with E-state index in [0.717, 1.165) is 11.5 Å². The van der Waals surface area contributed by atoms with E-state index < -0.39 is 0 Å². The summed E-state index contributed by atoms with van der Waals surface area (Å²) >= 11 is 7.62. The molecular formula is C13H15ClN2O2S. The molecule has 2 aromatic rings. The van der Waals surface area contributed by atoms with Gasteiger partial charge >= 0.3 is 0 Å². The van der Waals surface area contributed by atoms with Gasteiger partial charge in [0.1, 0.15) is 5.75 Å². The molecule has 0 amide bonds. The Hall–Kier alpha value is -1.20. The average molecular weight is 299 g/mol. The van der Waals surface area contributed by atoms with Crippen LogP contribution in [0.25, 0.3) is 11.5 Å². The van der Waals surface area contributed by atoms with Gasteiger partial charge in [-0.2, -0.15) is 16.7 Å². The second kappa shape index (κ2) is 6.30. The minimum Gasteiger partial charge on any atom is -0.506 e. The summed E-state index contributed by atoms with van der Waals surface area (Å²) in [5, 5.41) is 13.6. The molecule has 0 saturated carbocycles. The van der Waals surface area contributed by atoms with Crippen molar-refractivity contribution in [2.75, 3.05) is 5.75 Å². The number of hydrogen-bond acceptors (Lipinski definition) is 5. The SMILES string of the molecule is CC(C)CSCc1noc(-c2ccc(O)c(Cl)c2)n1. The third-order valence-corrected chi connectivity index (χ3v) is 4.01. The summed E-state index contributed by atoms with van der Waals surface area (Å²) in [7, 11) is 0. The Balaban J connectivity index is 2.05. The quantitative estimate of drug-likeness (QED) is 0.904. The summed E-state index contributed by atoms with van der Waals surface area (Å²) in [5.74, 6) is 3.57. The summed E-state index contributed by atoms with van der Waals surface area (Å²) in [6.07, 6.45) is 0. The van der Waals surface area contributed by atoms with Gasteiger partial charge in [-0.05, 0) is 29.9 Å². The van der Waals surface area contributed by atoms with E-state index in [1.807, 2.05) is 0 Å². The van der Waals surface area contributed by atoms with Crippen LogP contribution in [0.2, 0.25) is 5.02 Å². The fraction of sp³-hybridized carbons (Fsp3) is 0.385. The average Bonchev–Trinajstić information content (AvgIpc) is 2.81. The van der Waals surface area contributed by atoms with Gasteiger partial charge in [-0.3, -0.25) is 0 Å². The molecule has 0 fully saturated rings. The van der Waals surface area contributed by atoms with Crippen LogP contribution in [0.3, 0.4) is 0 Å². The Morgan fingerprint density at radius 3 is 2.89 bits per heavy atom. The maximum Gasteiger partial charge on any atom is 0.258 e. The van der Waals surface area contributed by atoms with Gasteiger partial charge in [0.2, 0.25) is 0 Å². The van der Waals surface area contributed by atoms with E-state index in [-0.39, 0.29) is 10.8 Å². The van der Waals surface area contributed by atoms with Gasteiger partial charge in [-0.25, -0.2) is 0 Å². The van der Waals surface area contributed by atoms with E-state index in [2.05, 4.69) is 24.0 Å². The molecule has 0 saturated heterocycles. The molecule has 0 unspecified atom stereocenters. The zero-order chi connectivity index (χ0) is 13.8. The molecule has 102 valence electrons. The highest BCUT2D eigenvalue weighted by molar-refractivity contribution is 7.98. The highest BCUT2D eigenvalue weighted by Crippen LogP contribution is 2.28. The van der Waals surface area contributed by atoms with E-state index in [4.69, 9.17) is 16.1 Å². The van der Waals surface area contributed by atoms with Gasteiger partial charge in [0.15, 0.2) is 5.82 Å². The molecule has 1 aromatic carbocycles. The van der Waals surface area contributed by atoms with Crippen LogP contribution in [0.15, 0.2) is 22.7 Å². The predicted molar refractivity (Wildman–Crippen MR) is 77.4 cm³/mol. The summed E-state index contributed by atoms with van der Waals surface area (Å²) < 4.78 is 5.19. The molecule has 0 radical (unpaired) electrons. The van der Waals surface area contributed by atoms with Crippen molar-refractivity contribution in [2.24, 2.45) is 5.92 Å². The fourth-order valence-electron chi connectivity index (χ4n) is 1.46. The van der Waals surface area contributed by atoms with Crippen molar-refractivity contribution in [3.05, 3.63) is 29.0 Å². The zero-order valence-corrected chi connectivity index (χ0v) is 12.3. The van der Waals surface area contributed by atoms with Gasteiger partial charge in [-0.15, -0.1) is 0 Å². The van der Waals surface area contributed by atoms with Gasteiger partial charge in [0, 0.05) is 5.56 Å². The van der Waals surface area contributed by atoms with Crippen LogP contribution in [-0.4, -0.2) is 21.0 Å². The van der Waals surface area contributed by atoms with Gasteiger partial charge < -0.3 is 9.63 Å². The first-order valence-corrected chi connectivity index (χ1v) is 7.48. The van der Waals surface area contributed by atoms with E-state index in [1.165, 1.54) is 6.07 Å². The summed E-state index contributed by atoms with van der Waals surface area (Å²) in [6.45, 7) is 4.35. The highest BCUT2D eigenvalue weighted by atomic mass is 35.5. The maximum atomic E-state index is 9.36. The number of aromatic hydroxyl groups is 1. The number of rotatable bonds is 5. The summed E-state index contributed by atoms with van der Waals surface area (Å²) in [6, 6.07) is 4.81. The van der Waals surface area contributed by atoms with Crippen molar-refractivity contribution in [2.45, 2.75) is 19.6 Å². The molecule has 0 bridgehead atoms. The Kier molecular flexibility index (Phi) is 4.71. The minimum atomic E-state index is 0.0395. The Bertz CT molecular complexity index is 557. The molecule has 0 atom stereocenters. The molecule has 1 aromatic heterocycles. The van der Waals surface area contributed by atoms with Gasteiger partial charge in [-0.1, -0.05) is 30.6 Å². The highest BCUT2D eigenvalue weighted by Gasteiger charge is 2.10. The minimum absolute atomic E-state index is 0.0395. The lowest BCUT2D eigenvalue weighted by Gasteiger charge is -2.00. The normalized spacial score (nSPS) is 11.2. The molecule has 4 nitrogen and oxygen atoms in total. The number of aromatic nitrogens is 2. The first-order chi connectivity index (χ1) is 9.06.